The third kappa shape index (κ3) is 4.55. The third-order valence-electron chi connectivity index (χ3n) is 1.84. The van der Waals surface area contributed by atoms with Gasteiger partial charge < -0.3 is 9.64 Å². The maximum Gasteiger partial charge on any atom is 0.153 e. The van der Waals surface area contributed by atoms with Crippen LogP contribution in [-0.4, -0.2) is 38.7 Å². The Kier molecular flexibility index (Phi) is 6.40. The van der Waals surface area contributed by atoms with Crippen molar-refractivity contribution < 1.29 is 9.53 Å². The van der Waals surface area contributed by atoms with Gasteiger partial charge in [0.25, 0.3) is 0 Å². The van der Waals surface area contributed by atoms with Crippen LogP contribution in [0.3, 0.4) is 0 Å². The number of methoxy groups -OCH3 is 1. The second-order valence-corrected chi connectivity index (χ2v) is 3.39. The fraction of sp³-hybridized carbons (Fsp3) is 0.333. The van der Waals surface area contributed by atoms with Crippen molar-refractivity contribution in [3.05, 3.63) is 23.8 Å². The molecule has 0 aliphatic rings. The Labute approximate surface area is 102 Å². The quantitative estimate of drug-likeness (QED) is 0.368. The summed E-state index contributed by atoms with van der Waals surface area (Å²) in [7, 11) is 5.27. The molecule has 5 heteroatoms. The van der Waals surface area contributed by atoms with Crippen LogP contribution in [-0.2, 0) is 0 Å². The second-order valence-electron chi connectivity index (χ2n) is 3.39. The Morgan fingerprint density at radius 3 is 2.65 bits per heavy atom. The van der Waals surface area contributed by atoms with Gasteiger partial charge in [0.05, 0.1) is 18.4 Å². The van der Waals surface area contributed by atoms with Gasteiger partial charge in [-0.2, -0.15) is 5.10 Å². The van der Waals surface area contributed by atoms with Crippen molar-refractivity contribution in [2.45, 2.75) is 7.43 Å². The van der Waals surface area contributed by atoms with Crippen molar-refractivity contribution in [3.8, 4) is 5.75 Å². The SMILES string of the molecule is C.COc1ccc(N/N=C/N(C)C)cc1C=O. The van der Waals surface area contributed by atoms with Gasteiger partial charge in [0.1, 0.15) is 12.1 Å². The van der Waals surface area contributed by atoms with Crippen LogP contribution in [0.25, 0.3) is 0 Å². The lowest BCUT2D eigenvalue weighted by molar-refractivity contribution is 0.112. The van der Waals surface area contributed by atoms with Crippen molar-refractivity contribution in [1.29, 1.82) is 0 Å². The summed E-state index contributed by atoms with van der Waals surface area (Å²) in [5.41, 5.74) is 4.05. The van der Waals surface area contributed by atoms with E-state index in [0.717, 1.165) is 12.0 Å². The smallest absolute Gasteiger partial charge is 0.153 e. The summed E-state index contributed by atoms with van der Waals surface area (Å²) in [5, 5.41) is 3.97. The molecule has 0 aliphatic carbocycles. The van der Waals surface area contributed by atoms with Crippen molar-refractivity contribution in [1.82, 2.24) is 4.90 Å². The zero-order chi connectivity index (χ0) is 12.0. The van der Waals surface area contributed by atoms with E-state index in [9.17, 15) is 4.79 Å². The number of nitrogens with zero attached hydrogens (tertiary/aromatic N) is 2. The minimum atomic E-state index is 0. The number of benzene rings is 1. The highest BCUT2D eigenvalue weighted by molar-refractivity contribution is 5.81. The van der Waals surface area contributed by atoms with Crippen LogP contribution >= 0.6 is 0 Å². The van der Waals surface area contributed by atoms with Gasteiger partial charge in [0.15, 0.2) is 6.29 Å². The van der Waals surface area contributed by atoms with Crippen LogP contribution in [0.1, 0.15) is 17.8 Å². The molecular formula is C12H19N3O2. The Hall–Kier alpha value is -2.04. The lowest BCUT2D eigenvalue weighted by Gasteiger charge is -2.07. The average molecular weight is 237 g/mol. The monoisotopic (exact) mass is 237 g/mol. The van der Waals surface area contributed by atoms with Crippen LogP contribution < -0.4 is 10.2 Å². The van der Waals surface area contributed by atoms with Gasteiger partial charge in [-0.1, -0.05) is 7.43 Å². The summed E-state index contributed by atoms with van der Waals surface area (Å²) < 4.78 is 5.03. The molecule has 0 fully saturated rings. The van der Waals surface area contributed by atoms with E-state index in [4.69, 9.17) is 4.74 Å². The summed E-state index contributed by atoms with van der Waals surface area (Å²) in [6.45, 7) is 0. The van der Waals surface area contributed by atoms with Crippen molar-refractivity contribution >= 4 is 18.3 Å². The molecule has 17 heavy (non-hydrogen) atoms. The molecule has 1 aromatic carbocycles. The largest absolute Gasteiger partial charge is 0.496 e. The first kappa shape index (κ1) is 15.0. The molecule has 1 N–H and O–H groups in total. The summed E-state index contributed by atoms with van der Waals surface area (Å²) in [6, 6.07) is 5.19. The Bertz CT molecular complexity index is 389. The van der Waals surface area contributed by atoms with Crippen LogP contribution in [0.4, 0.5) is 5.69 Å². The first-order chi connectivity index (χ1) is 7.67. The van der Waals surface area contributed by atoms with E-state index in [2.05, 4.69) is 10.5 Å². The predicted octanol–water partition coefficient (Wildman–Crippen LogP) is 2.06. The zero-order valence-corrected chi connectivity index (χ0v) is 9.60. The molecular weight excluding hydrogens is 218 g/mol. The minimum absolute atomic E-state index is 0. The highest BCUT2D eigenvalue weighted by atomic mass is 16.5. The number of hydrogen-bond donors (Lipinski definition) is 1. The third-order valence-corrected chi connectivity index (χ3v) is 1.84. The molecule has 0 atom stereocenters. The normalized spacial score (nSPS) is 9.59. The Morgan fingerprint density at radius 2 is 2.12 bits per heavy atom. The van der Waals surface area contributed by atoms with E-state index in [1.54, 1.807) is 29.4 Å². The van der Waals surface area contributed by atoms with Crippen LogP contribution in [0.15, 0.2) is 23.3 Å². The molecule has 0 saturated heterocycles. The topological polar surface area (TPSA) is 53.9 Å². The minimum Gasteiger partial charge on any atom is -0.496 e. The fourth-order valence-electron chi connectivity index (χ4n) is 1.11. The molecule has 0 saturated carbocycles. The number of aldehydes is 1. The summed E-state index contributed by atoms with van der Waals surface area (Å²) in [6.07, 6.45) is 2.38. The van der Waals surface area contributed by atoms with E-state index in [-0.39, 0.29) is 7.43 Å². The van der Waals surface area contributed by atoms with Gasteiger partial charge in [0.2, 0.25) is 0 Å². The second kappa shape index (κ2) is 7.27. The maximum absolute atomic E-state index is 10.8. The van der Waals surface area contributed by atoms with Crippen LogP contribution in [0.5, 0.6) is 5.75 Å². The Balaban J connectivity index is 0.00000256. The molecule has 0 unspecified atom stereocenters. The Morgan fingerprint density at radius 1 is 1.41 bits per heavy atom. The lowest BCUT2D eigenvalue weighted by atomic mass is 10.2. The summed E-state index contributed by atoms with van der Waals surface area (Å²) >= 11 is 0. The molecule has 0 bridgehead atoms. The molecule has 5 nitrogen and oxygen atoms in total. The van der Waals surface area contributed by atoms with Gasteiger partial charge >= 0.3 is 0 Å². The standard InChI is InChI=1S/C11H15N3O2.CH4/c1-14(2)8-12-13-10-4-5-11(16-3)9(6-10)7-15;/h4-8,13H,1-3H3;1H4/b12-8+;. The van der Waals surface area contributed by atoms with E-state index in [1.165, 1.54) is 7.11 Å². The van der Waals surface area contributed by atoms with Crippen molar-refractivity contribution in [2.75, 3.05) is 26.6 Å². The number of rotatable bonds is 5. The molecule has 0 radical (unpaired) electrons. The zero-order valence-electron chi connectivity index (χ0n) is 9.60. The molecule has 1 rings (SSSR count). The molecule has 0 heterocycles. The highest BCUT2D eigenvalue weighted by Crippen LogP contribution is 2.20. The van der Waals surface area contributed by atoms with Crippen molar-refractivity contribution in [3.63, 3.8) is 0 Å². The number of carbonyl (C=O) groups excluding carboxylic acids is 1. The van der Waals surface area contributed by atoms with Crippen LogP contribution in [0.2, 0.25) is 0 Å². The molecule has 0 spiro atoms. The van der Waals surface area contributed by atoms with Crippen molar-refractivity contribution in [2.24, 2.45) is 5.10 Å². The summed E-state index contributed by atoms with van der Waals surface area (Å²) in [5.74, 6) is 0.553. The van der Waals surface area contributed by atoms with E-state index >= 15 is 0 Å². The first-order valence-corrected chi connectivity index (χ1v) is 4.76. The van der Waals surface area contributed by atoms with E-state index in [1.807, 2.05) is 14.1 Å². The van der Waals surface area contributed by atoms with E-state index in [0.29, 0.717) is 11.3 Å². The number of ether oxygens (including phenoxy) is 1. The highest BCUT2D eigenvalue weighted by Gasteiger charge is 2.02. The number of hydrazone groups is 1. The molecule has 0 aromatic heterocycles. The average Bonchev–Trinajstić information content (AvgIpc) is 2.28. The molecule has 0 aliphatic heterocycles. The number of hydrogen-bond acceptors (Lipinski definition) is 4. The van der Waals surface area contributed by atoms with Gasteiger partial charge in [0, 0.05) is 14.1 Å². The molecule has 1 aromatic rings. The fourth-order valence-corrected chi connectivity index (χ4v) is 1.11. The number of carbonyl (C=O) groups is 1. The van der Waals surface area contributed by atoms with Gasteiger partial charge in [-0.05, 0) is 18.2 Å². The van der Waals surface area contributed by atoms with Gasteiger partial charge in [-0.3, -0.25) is 10.2 Å². The molecule has 0 amide bonds. The maximum atomic E-state index is 10.8. The lowest BCUT2D eigenvalue weighted by Crippen LogP contribution is -2.09. The predicted molar refractivity (Wildman–Crippen MR) is 70.9 cm³/mol. The van der Waals surface area contributed by atoms with Gasteiger partial charge in [-0.15, -0.1) is 0 Å². The van der Waals surface area contributed by atoms with Crippen LogP contribution in [0, 0.1) is 0 Å². The van der Waals surface area contributed by atoms with Gasteiger partial charge in [-0.25, -0.2) is 0 Å². The molecule has 94 valence electrons. The summed E-state index contributed by atoms with van der Waals surface area (Å²) in [4.78, 5) is 12.6. The van der Waals surface area contributed by atoms with E-state index < -0.39 is 0 Å². The first-order valence-electron chi connectivity index (χ1n) is 4.76. The number of anilines is 1. The number of nitrogens with one attached hydrogen (secondary N) is 1.